The molecule has 0 saturated heterocycles. The van der Waals surface area contributed by atoms with Crippen LogP contribution in [0.15, 0.2) is 17.3 Å². The van der Waals surface area contributed by atoms with E-state index in [0.717, 1.165) is 12.2 Å². The van der Waals surface area contributed by atoms with Gasteiger partial charge in [0.2, 0.25) is 0 Å². The highest BCUT2D eigenvalue weighted by Crippen LogP contribution is 2.17. The van der Waals surface area contributed by atoms with Crippen LogP contribution in [-0.2, 0) is 7.05 Å². The van der Waals surface area contributed by atoms with Crippen LogP contribution in [0, 0.1) is 11.3 Å². The number of rotatable bonds is 4. The summed E-state index contributed by atoms with van der Waals surface area (Å²) in [5.41, 5.74) is 0. The zero-order valence-corrected chi connectivity index (χ0v) is 7.84. The molecule has 1 heterocycles. The van der Waals surface area contributed by atoms with Crippen LogP contribution in [0.25, 0.3) is 0 Å². The average Bonchev–Trinajstić information content (AvgIpc) is 2.45. The Morgan fingerprint density at radius 1 is 1.75 bits per heavy atom. The van der Waals surface area contributed by atoms with Crippen LogP contribution in [0.1, 0.15) is 12.8 Å². The van der Waals surface area contributed by atoms with E-state index in [1.165, 1.54) is 4.90 Å². The molecule has 0 amide bonds. The molecular weight excluding hydrogens is 170 g/mol. The molecule has 1 aromatic rings. The van der Waals surface area contributed by atoms with Crippen LogP contribution >= 0.6 is 11.8 Å². The highest BCUT2D eigenvalue weighted by Gasteiger charge is 1.95. The van der Waals surface area contributed by atoms with Crippen molar-refractivity contribution in [3.8, 4) is 6.07 Å². The highest BCUT2D eigenvalue weighted by atomic mass is 32.2. The van der Waals surface area contributed by atoms with Crippen LogP contribution in [0.5, 0.6) is 0 Å². The van der Waals surface area contributed by atoms with Gasteiger partial charge in [0, 0.05) is 24.6 Å². The Balaban J connectivity index is 2.21. The molecule has 0 aliphatic heterocycles. The van der Waals surface area contributed by atoms with Crippen molar-refractivity contribution in [3.05, 3.63) is 12.4 Å². The molecule has 1 rings (SSSR count). The van der Waals surface area contributed by atoms with Gasteiger partial charge in [-0.3, -0.25) is 4.68 Å². The van der Waals surface area contributed by atoms with Gasteiger partial charge in [0.15, 0.2) is 0 Å². The third-order valence-electron chi connectivity index (χ3n) is 1.38. The molecule has 0 radical (unpaired) electrons. The lowest BCUT2D eigenvalue weighted by molar-refractivity contribution is 0.766. The number of nitrogens with zero attached hydrogens (tertiary/aromatic N) is 3. The second-order valence-corrected chi connectivity index (χ2v) is 3.63. The van der Waals surface area contributed by atoms with Crippen molar-refractivity contribution in [2.45, 2.75) is 17.7 Å². The molecule has 0 saturated carbocycles. The van der Waals surface area contributed by atoms with E-state index >= 15 is 0 Å². The van der Waals surface area contributed by atoms with Gasteiger partial charge < -0.3 is 0 Å². The van der Waals surface area contributed by atoms with Gasteiger partial charge in [-0.2, -0.15) is 10.4 Å². The Morgan fingerprint density at radius 3 is 3.17 bits per heavy atom. The summed E-state index contributed by atoms with van der Waals surface area (Å²) in [7, 11) is 1.90. The van der Waals surface area contributed by atoms with Gasteiger partial charge in [-0.1, -0.05) is 0 Å². The van der Waals surface area contributed by atoms with Gasteiger partial charge >= 0.3 is 0 Å². The summed E-state index contributed by atoms with van der Waals surface area (Å²) in [5.74, 6) is 0.999. The number of nitriles is 1. The van der Waals surface area contributed by atoms with E-state index in [0.29, 0.717) is 6.42 Å². The SMILES string of the molecule is Cn1cc(SCCCC#N)cn1. The fourth-order valence-electron chi connectivity index (χ4n) is 0.815. The molecule has 64 valence electrons. The topological polar surface area (TPSA) is 41.6 Å². The van der Waals surface area contributed by atoms with Crippen LogP contribution in [0.4, 0.5) is 0 Å². The molecule has 0 aromatic carbocycles. The van der Waals surface area contributed by atoms with Crippen LogP contribution in [0.2, 0.25) is 0 Å². The van der Waals surface area contributed by atoms with Crippen molar-refractivity contribution in [2.24, 2.45) is 7.05 Å². The lowest BCUT2D eigenvalue weighted by Crippen LogP contribution is -1.84. The van der Waals surface area contributed by atoms with E-state index in [1.54, 1.807) is 16.4 Å². The molecule has 0 fully saturated rings. The van der Waals surface area contributed by atoms with Crippen molar-refractivity contribution in [2.75, 3.05) is 5.75 Å². The van der Waals surface area contributed by atoms with Crippen molar-refractivity contribution in [1.29, 1.82) is 5.26 Å². The van der Waals surface area contributed by atoms with Crippen molar-refractivity contribution in [3.63, 3.8) is 0 Å². The summed E-state index contributed by atoms with van der Waals surface area (Å²) < 4.78 is 1.78. The molecule has 0 aliphatic rings. The second-order valence-electron chi connectivity index (χ2n) is 2.46. The van der Waals surface area contributed by atoms with Crippen LogP contribution in [0.3, 0.4) is 0 Å². The first-order valence-corrected chi connectivity index (χ1v) is 4.80. The largest absolute Gasteiger partial charge is 0.275 e. The van der Waals surface area contributed by atoms with Gasteiger partial charge in [0.25, 0.3) is 0 Å². The van der Waals surface area contributed by atoms with E-state index in [4.69, 9.17) is 5.26 Å². The van der Waals surface area contributed by atoms with Gasteiger partial charge in [-0.05, 0) is 12.2 Å². The molecule has 0 N–H and O–H groups in total. The zero-order valence-electron chi connectivity index (χ0n) is 7.03. The third kappa shape index (κ3) is 2.97. The molecule has 0 bridgehead atoms. The minimum Gasteiger partial charge on any atom is -0.275 e. The van der Waals surface area contributed by atoms with E-state index in [2.05, 4.69) is 11.2 Å². The summed E-state index contributed by atoms with van der Waals surface area (Å²) in [6, 6.07) is 2.13. The lowest BCUT2D eigenvalue weighted by atomic mass is 10.4. The van der Waals surface area contributed by atoms with Crippen molar-refractivity contribution >= 4 is 11.8 Å². The molecular formula is C8H11N3S. The Labute approximate surface area is 76.4 Å². The standard InChI is InChI=1S/C8H11N3S/c1-11-7-8(6-10-11)12-5-3-2-4-9/h6-7H,2-3,5H2,1H3. The highest BCUT2D eigenvalue weighted by molar-refractivity contribution is 7.99. The monoisotopic (exact) mass is 181 g/mol. The Bertz CT molecular complexity index is 274. The maximum Gasteiger partial charge on any atom is 0.0625 e. The van der Waals surface area contributed by atoms with E-state index < -0.39 is 0 Å². The van der Waals surface area contributed by atoms with Crippen molar-refractivity contribution in [1.82, 2.24) is 9.78 Å². The number of aromatic nitrogens is 2. The van der Waals surface area contributed by atoms with Gasteiger partial charge in [-0.25, -0.2) is 0 Å². The fraction of sp³-hybridized carbons (Fsp3) is 0.500. The second kappa shape index (κ2) is 4.83. The van der Waals surface area contributed by atoms with E-state index in [-0.39, 0.29) is 0 Å². The summed E-state index contributed by atoms with van der Waals surface area (Å²) >= 11 is 1.75. The van der Waals surface area contributed by atoms with Crippen LogP contribution < -0.4 is 0 Å². The fourth-order valence-corrected chi connectivity index (χ4v) is 1.69. The predicted molar refractivity (Wildman–Crippen MR) is 48.8 cm³/mol. The normalized spacial score (nSPS) is 9.67. The predicted octanol–water partition coefficient (Wildman–Crippen LogP) is 1.82. The molecule has 0 unspecified atom stereocenters. The number of hydrogen-bond donors (Lipinski definition) is 0. The van der Waals surface area contributed by atoms with Gasteiger partial charge in [0.1, 0.15) is 0 Å². The molecule has 0 aliphatic carbocycles. The number of hydrogen-bond acceptors (Lipinski definition) is 3. The molecule has 12 heavy (non-hydrogen) atoms. The summed E-state index contributed by atoms with van der Waals surface area (Å²) in [4.78, 5) is 1.18. The first-order chi connectivity index (χ1) is 5.83. The zero-order chi connectivity index (χ0) is 8.81. The Morgan fingerprint density at radius 2 is 2.58 bits per heavy atom. The van der Waals surface area contributed by atoms with Gasteiger partial charge in [0.05, 0.1) is 12.3 Å². The van der Waals surface area contributed by atoms with E-state index in [1.807, 2.05) is 19.4 Å². The Kier molecular flexibility index (Phi) is 3.68. The molecule has 0 atom stereocenters. The first-order valence-electron chi connectivity index (χ1n) is 3.81. The summed E-state index contributed by atoms with van der Waals surface area (Å²) in [6.45, 7) is 0. The number of unbranched alkanes of at least 4 members (excludes halogenated alkanes) is 1. The molecule has 4 heteroatoms. The van der Waals surface area contributed by atoms with Crippen LogP contribution in [-0.4, -0.2) is 15.5 Å². The smallest absolute Gasteiger partial charge is 0.0625 e. The maximum atomic E-state index is 8.29. The minimum absolute atomic E-state index is 0.646. The third-order valence-corrected chi connectivity index (χ3v) is 2.42. The number of aryl methyl sites for hydroxylation is 1. The lowest BCUT2D eigenvalue weighted by Gasteiger charge is -1.92. The minimum atomic E-state index is 0.646. The average molecular weight is 181 g/mol. The summed E-state index contributed by atoms with van der Waals surface area (Å²) in [6.07, 6.45) is 5.43. The molecule has 1 aromatic heterocycles. The first kappa shape index (κ1) is 9.14. The molecule has 0 spiro atoms. The summed E-state index contributed by atoms with van der Waals surface area (Å²) in [5, 5.41) is 12.3. The number of thioether (sulfide) groups is 1. The van der Waals surface area contributed by atoms with Gasteiger partial charge in [-0.15, -0.1) is 11.8 Å². The molecule has 3 nitrogen and oxygen atoms in total. The quantitative estimate of drug-likeness (QED) is 0.525. The van der Waals surface area contributed by atoms with E-state index in [9.17, 15) is 0 Å². The van der Waals surface area contributed by atoms with Crippen molar-refractivity contribution < 1.29 is 0 Å². The maximum absolute atomic E-state index is 8.29. The Hall–Kier alpha value is -0.950.